The van der Waals surface area contributed by atoms with Gasteiger partial charge in [-0.05, 0) is 29.7 Å². The molecule has 0 amide bonds. The van der Waals surface area contributed by atoms with Crippen LogP contribution in [-0.4, -0.2) is 30.2 Å². The Labute approximate surface area is 147 Å². The molecule has 0 fully saturated rings. The van der Waals surface area contributed by atoms with E-state index in [4.69, 9.17) is 5.11 Å². The smallest absolute Gasteiger partial charge is 0.337 e. The van der Waals surface area contributed by atoms with E-state index in [2.05, 4.69) is 31.3 Å². The molecule has 0 heterocycles. The van der Waals surface area contributed by atoms with Crippen molar-refractivity contribution in [3.63, 3.8) is 0 Å². The van der Waals surface area contributed by atoms with Gasteiger partial charge < -0.3 is 15.2 Å². The lowest BCUT2D eigenvalue weighted by Crippen LogP contribution is -2.01. The van der Waals surface area contributed by atoms with Crippen LogP contribution in [0.5, 0.6) is 0 Å². The summed E-state index contributed by atoms with van der Waals surface area (Å²) in [5.41, 5.74) is 2.27. The quantitative estimate of drug-likeness (QED) is 0.595. The number of carboxylic acid groups (broad SMARTS) is 1. The molecule has 0 unspecified atom stereocenters. The number of hydrogen-bond acceptors (Lipinski definition) is 4. The van der Waals surface area contributed by atoms with Gasteiger partial charge >= 0.3 is 5.97 Å². The first-order valence-corrected chi connectivity index (χ1v) is 8.65. The third-order valence-corrected chi connectivity index (χ3v) is 4.26. The van der Waals surface area contributed by atoms with Gasteiger partial charge in [0.05, 0.1) is 11.3 Å². The van der Waals surface area contributed by atoms with Gasteiger partial charge in [-0.2, -0.15) is 0 Å². The van der Waals surface area contributed by atoms with Crippen LogP contribution in [0.2, 0.25) is 0 Å². The normalized spacial score (nSPS) is 9.83. The molecular formula is C19H23NO3S. The SMILES string of the molecule is CC(C)c1ccccc1SCC=O.CNc1ccccc1C(=O)O. The molecule has 0 atom stereocenters. The number of rotatable bonds is 6. The lowest BCUT2D eigenvalue weighted by Gasteiger charge is -2.10. The first-order chi connectivity index (χ1) is 11.5. The summed E-state index contributed by atoms with van der Waals surface area (Å²) in [4.78, 5) is 22.0. The Morgan fingerprint density at radius 3 is 2.33 bits per heavy atom. The number of thioether (sulfide) groups is 1. The Hall–Kier alpha value is -2.27. The Balaban J connectivity index is 0.000000243. The molecular weight excluding hydrogens is 322 g/mol. The van der Waals surface area contributed by atoms with Crippen LogP contribution in [0.4, 0.5) is 5.69 Å². The van der Waals surface area contributed by atoms with Crippen LogP contribution in [-0.2, 0) is 4.79 Å². The monoisotopic (exact) mass is 345 g/mol. The number of carbonyl (C=O) groups excluding carboxylic acids is 1. The van der Waals surface area contributed by atoms with E-state index in [1.807, 2.05) is 12.1 Å². The van der Waals surface area contributed by atoms with Gasteiger partial charge in [-0.3, -0.25) is 0 Å². The number of carbonyl (C=O) groups is 2. The fourth-order valence-corrected chi connectivity index (χ4v) is 2.99. The molecule has 0 saturated heterocycles. The minimum atomic E-state index is -0.907. The summed E-state index contributed by atoms with van der Waals surface area (Å²) >= 11 is 1.61. The molecule has 0 radical (unpaired) electrons. The van der Waals surface area contributed by atoms with Crippen LogP contribution < -0.4 is 5.32 Å². The number of nitrogens with one attached hydrogen (secondary N) is 1. The zero-order valence-electron chi connectivity index (χ0n) is 14.2. The summed E-state index contributed by atoms with van der Waals surface area (Å²) in [6, 6.07) is 15.0. The van der Waals surface area contributed by atoms with Crippen LogP contribution in [0.15, 0.2) is 53.4 Å². The molecule has 0 aliphatic heterocycles. The second-order valence-corrected chi connectivity index (χ2v) is 6.33. The van der Waals surface area contributed by atoms with Crippen molar-refractivity contribution in [1.29, 1.82) is 0 Å². The summed E-state index contributed by atoms with van der Waals surface area (Å²) in [7, 11) is 1.70. The van der Waals surface area contributed by atoms with Crippen molar-refractivity contribution >= 4 is 29.7 Å². The number of anilines is 1. The molecule has 4 nitrogen and oxygen atoms in total. The molecule has 0 bridgehead atoms. The average Bonchev–Trinajstić information content (AvgIpc) is 2.60. The van der Waals surface area contributed by atoms with E-state index >= 15 is 0 Å². The van der Waals surface area contributed by atoms with Gasteiger partial charge in [0.25, 0.3) is 0 Å². The van der Waals surface area contributed by atoms with Crippen molar-refractivity contribution < 1.29 is 14.7 Å². The van der Waals surface area contributed by atoms with Gasteiger partial charge in [0.15, 0.2) is 0 Å². The van der Waals surface area contributed by atoms with Crippen molar-refractivity contribution in [2.75, 3.05) is 18.1 Å². The summed E-state index contributed by atoms with van der Waals surface area (Å²) in [5, 5.41) is 11.5. The summed E-state index contributed by atoms with van der Waals surface area (Å²) < 4.78 is 0. The predicted octanol–water partition coefficient (Wildman–Crippen LogP) is 4.53. The maximum absolute atomic E-state index is 10.5. The minimum Gasteiger partial charge on any atom is -0.478 e. The van der Waals surface area contributed by atoms with Crippen molar-refractivity contribution in [3.05, 3.63) is 59.7 Å². The standard InChI is InChI=1S/C11H14OS.C8H9NO2/c1-9(2)10-5-3-4-6-11(10)13-8-7-12;1-9-7-5-3-2-4-6(7)8(10)11/h3-7,9H,8H2,1-2H3;2-5,9H,1H3,(H,10,11). The number of hydrogen-bond donors (Lipinski definition) is 2. The van der Waals surface area contributed by atoms with Crippen molar-refractivity contribution in [2.45, 2.75) is 24.7 Å². The zero-order chi connectivity index (χ0) is 17.9. The summed E-state index contributed by atoms with van der Waals surface area (Å²) in [6.45, 7) is 4.33. The van der Waals surface area contributed by atoms with Crippen LogP contribution in [0.3, 0.4) is 0 Å². The van der Waals surface area contributed by atoms with Crippen LogP contribution in [0, 0.1) is 0 Å². The van der Waals surface area contributed by atoms with Gasteiger partial charge in [-0.25, -0.2) is 4.79 Å². The predicted molar refractivity (Wildman–Crippen MR) is 100 cm³/mol. The highest BCUT2D eigenvalue weighted by atomic mass is 32.2. The Kier molecular flexibility index (Phi) is 8.65. The number of para-hydroxylation sites is 1. The van der Waals surface area contributed by atoms with E-state index in [0.29, 0.717) is 22.9 Å². The van der Waals surface area contributed by atoms with Gasteiger partial charge in [0.2, 0.25) is 0 Å². The molecule has 5 heteroatoms. The number of aromatic carboxylic acids is 1. The number of aldehydes is 1. The van der Waals surface area contributed by atoms with E-state index in [9.17, 15) is 9.59 Å². The Morgan fingerprint density at radius 1 is 1.17 bits per heavy atom. The van der Waals surface area contributed by atoms with Gasteiger partial charge in [0, 0.05) is 17.6 Å². The molecule has 2 rings (SSSR count). The van der Waals surface area contributed by atoms with Gasteiger partial charge in [-0.1, -0.05) is 44.2 Å². The third-order valence-electron chi connectivity index (χ3n) is 3.27. The van der Waals surface area contributed by atoms with Crippen molar-refractivity contribution in [2.24, 2.45) is 0 Å². The highest BCUT2D eigenvalue weighted by molar-refractivity contribution is 8.00. The summed E-state index contributed by atoms with van der Waals surface area (Å²) in [6.07, 6.45) is 0.946. The Morgan fingerprint density at radius 2 is 1.79 bits per heavy atom. The molecule has 0 aliphatic carbocycles. The van der Waals surface area contributed by atoms with Crippen molar-refractivity contribution in [1.82, 2.24) is 0 Å². The lowest BCUT2D eigenvalue weighted by molar-refractivity contribution is -0.105. The first kappa shape index (κ1) is 19.8. The molecule has 0 saturated carbocycles. The van der Waals surface area contributed by atoms with Gasteiger partial charge in [-0.15, -0.1) is 11.8 Å². The highest BCUT2D eigenvalue weighted by Gasteiger charge is 2.06. The van der Waals surface area contributed by atoms with E-state index in [-0.39, 0.29) is 0 Å². The van der Waals surface area contributed by atoms with E-state index in [1.54, 1.807) is 43.1 Å². The zero-order valence-corrected chi connectivity index (χ0v) is 15.0. The fraction of sp³-hybridized carbons (Fsp3) is 0.263. The molecule has 2 aromatic carbocycles. The van der Waals surface area contributed by atoms with Crippen LogP contribution in [0.25, 0.3) is 0 Å². The van der Waals surface area contributed by atoms with E-state index < -0.39 is 5.97 Å². The number of benzene rings is 2. The third kappa shape index (κ3) is 6.08. The van der Waals surface area contributed by atoms with Crippen molar-refractivity contribution in [3.8, 4) is 0 Å². The lowest BCUT2D eigenvalue weighted by atomic mass is 10.0. The second-order valence-electron chi connectivity index (χ2n) is 5.27. The average molecular weight is 345 g/mol. The largest absolute Gasteiger partial charge is 0.478 e. The topological polar surface area (TPSA) is 66.4 Å². The van der Waals surface area contributed by atoms with E-state index in [1.165, 1.54) is 10.5 Å². The Bertz CT molecular complexity index is 671. The molecule has 0 aromatic heterocycles. The molecule has 24 heavy (non-hydrogen) atoms. The maximum Gasteiger partial charge on any atom is 0.337 e. The first-order valence-electron chi connectivity index (χ1n) is 7.66. The molecule has 0 aliphatic rings. The molecule has 2 aromatic rings. The van der Waals surface area contributed by atoms with Crippen LogP contribution >= 0.6 is 11.8 Å². The second kappa shape index (κ2) is 10.5. The number of carboxylic acids is 1. The van der Waals surface area contributed by atoms with E-state index in [0.717, 1.165) is 6.29 Å². The van der Waals surface area contributed by atoms with Gasteiger partial charge in [0.1, 0.15) is 6.29 Å². The molecule has 0 spiro atoms. The minimum absolute atomic E-state index is 0.301. The highest BCUT2D eigenvalue weighted by Crippen LogP contribution is 2.27. The molecule has 2 N–H and O–H groups in total. The fourth-order valence-electron chi connectivity index (χ4n) is 2.10. The summed E-state index contributed by atoms with van der Waals surface area (Å²) in [5.74, 6) is 0.161. The molecule has 128 valence electrons. The van der Waals surface area contributed by atoms with Crippen LogP contribution in [0.1, 0.15) is 35.7 Å². The maximum atomic E-state index is 10.5.